The minimum Gasteiger partial charge on any atom is -0.377 e. The third-order valence-corrected chi connectivity index (χ3v) is 5.18. The van der Waals surface area contributed by atoms with Gasteiger partial charge < -0.3 is 10.5 Å². The molecule has 1 saturated carbocycles. The fourth-order valence-electron chi connectivity index (χ4n) is 4.24. The summed E-state index contributed by atoms with van der Waals surface area (Å²) in [7, 11) is 0. The Balaban J connectivity index is 1.40. The van der Waals surface area contributed by atoms with Gasteiger partial charge in [0.05, 0.1) is 12.7 Å². The number of fused-ring (bicyclic) bond motifs is 2. The molecule has 3 aliphatic rings. The molecule has 3 fully saturated rings. The SMILES string of the molecule is NC1CC2CCC(C1)N2CCOC1CCCCC1. The Morgan fingerprint density at radius 2 is 1.61 bits per heavy atom. The van der Waals surface area contributed by atoms with Crippen molar-refractivity contribution in [2.45, 2.75) is 82.0 Å². The van der Waals surface area contributed by atoms with Crippen molar-refractivity contribution in [2.75, 3.05) is 13.2 Å². The van der Waals surface area contributed by atoms with Crippen molar-refractivity contribution >= 4 is 0 Å². The Labute approximate surface area is 111 Å². The van der Waals surface area contributed by atoms with E-state index in [0.29, 0.717) is 12.1 Å². The van der Waals surface area contributed by atoms with E-state index in [0.717, 1.165) is 25.2 Å². The highest BCUT2D eigenvalue weighted by molar-refractivity contribution is 4.96. The van der Waals surface area contributed by atoms with Crippen LogP contribution in [0, 0.1) is 0 Å². The number of hydrogen-bond acceptors (Lipinski definition) is 3. The van der Waals surface area contributed by atoms with Crippen molar-refractivity contribution in [3.8, 4) is 0 Å². The summed E-state index contributed by atoms with van der Waals surface area (Å²) in [4.78, 5) is 2.69. The second kappa shape index (κ2) is 5.89. The van der Waals surface area contributed by atoms with Crippen LogP contribution in [0.4, 0.5) is 0 Å². The lowest BCUT2D eigenvalue weighted by atomic mass is 9.97. The first-order valence-corrected chi connectivity index (χ1v) is 7.96. The van der Waals surface area contributed by atoms with Crippen molar-refractivity contribution < 1.29 is 4.74 Å². The summed E-state index contributed by atoms with van der Waals surface area (Å²) < 4.78 is 6.06. The van der Waals surface area contributed by atoms with Crippen molar-refractivity contribution in [2.24, 2.45) is 5.73 Å². The maximum atomic E-state index is 6.11. The molecule has 2 aliphatic heterocycles. The van der Waals surface area contributed by atoms with Crippen molar-refractivity contribution in [1.29, 1.82) is 0 Å². The van der Waals surface area contributed by atoms with Crippen LogP contribution in [-0.2, 0) is 4.74 Å². The van der Waals surface area contributed by atoms with Gasteiger partial charge in [0.1, 0.15) is 0 Å². The molecule has 2 unspecified atom stereocenters. The van der Waals surface area contributed by atoms with Gasteiger partial charge in [0.25, 0.3) is 0 Å². The van der Waals surface area contributed by atoms with Crippen LogP contribution in [0.1, 0.15) is 57.8 Å². The number of ether oxygens (including phenoxy) is 1. The second-order valence-corrected chi connectivity index (χ2v) is 6.49. The summed E-state index contributed by atoms with van der Waals surface area (Å²) in [6.45, 7) is 2.07. The first kappa shape index (κ1) is 12.9. The smallest absolute Gasteiger partial charge is 0.0597 e. The van der Waals surface area contributed by atoms with Gasteiger partial charge in [0.2, 0.25) is 0 Å². The second-order valence-electron chi connectivity index (χ2n) is 6.49. The summed E-state index contributed by atoms with van der Waals surface area (Å²) in [6, 6.07) is 1.97. The number of nitrogens with zero attached hydrogens (tertiary/aromatic N) is 1. The third kappa shape index (κ3) is 2.89. The maximum absolute atomic E-state index is 6.11. The lowest BCUT2D eigenvalue weighted by Crippen LogP contribution is -2.48. The van der Waals surface area contributed by atoms with Gasteiger partial charge >= 0.3 is 0 Å². The first-order valence-electron chi connectivity index (χ1n) is 7.96. The van der Waals surface area contributed by atoms with Gasteiger partial charge in [-0.25, -0.2) is 0 Å². The molecule has 3 heteroatoms. The Hall–Kier alpha value is -0.120. The summed E-state index contributed by atoms with van der Waals surface area (Å²) in [5, 5.41) is 0. The molecule has 2 heterocycles. The Bertz CT molecular complexity index is 251. The minimum absolute atomic E-state index is 0.456. The van der Waals surface area contributed by atoms with Gasteiger partial charge in [-0.15, -0.1) is 0 Å². The molecule has 3 nitrogen and oxygen atoms in total. The van der Waals surface area contributed by atoms with Crippen LogP contribution >= 0.6 is 0 Å². The quantitative estimate of drug-likeness (QED) is 0.834. The summed E-state index contributed by atoms with van der Waals surface area (Å²) in [6.07, 6.45) is 12.4. The summed E-state index contributed by atoms with van der Waals surface area (Å²) in [5.74, 6) is 0. The van der Waals surface area contributed by atoms with Gasteiger partial charge in [0, 0.05) is 24.7 Å². The van der Waals surface area contributed by atoms with Gasteiger partial charge in [-0.1, -0.05) is 19.3 Å². The molecule has 2 saturated heterocycles. The van der Waals surface area contributed by atoms with E-state index < -0.39 is 0 Å². The molecule has 3 rings (SSSR count). The zero-order valence-electron chi connectivity index (χ0n) is 11.5. The monoisotopic (exact) mass is 252 g/mol. The van der Waals surface area contributed by atoms with E-state index in [1.54, 1.807) is 0 Å². The average Bonchev–Trinajstić information content (AvgIpc) is 2.63. The average molecular weight is 252 g/mol. The van der Waals surface area contributed by atoms with E-state index in [4.69, 9.17) is 10.5 Å². The number of nitrogens with two attached hydrogens (primary N) is 1. The highest BCUT2D eigenvalue weighted by atomic mass is 16.5. The lowest BCUT2D eigenvalue weighted by Gasteiger charge is -2.38. The standard InChI is InChI=1S/C15H28N2O/c16-12-10-13-6-7-14(11-12)17(13)8-9-18-15-4-2-1-3-5-15/h12-15H,1-11,16H2. The maximum Gasteiger partial charge on any atom is 0.0597 e. The fraction of sp³-hybridized carbons (Fsp3) is 1.00. The van der Waals surface area contributed by atoms with Gasteiger partial charge in [0.15, 0.2) is 0 Å². The molecule has 2 bridgehead atoms. The van der Waals surface area contributed by atoms with Crippen molar-refractivity contribution in [3.05, 3.63) is 0 Å². The van der Waals surface area contributed by atoms with Crippen LogP contribution in [0.5, 0.6) is 0 Å². The van der Waals surface area contributed by atoms with Crippen LogP contribution in [0.25, 0.3) is 0 Å². The van der Waals surface area contributed by atoms with Crippen LogP contribution < -0.4 is 5.73 Å². The lowest BCUT2D eigenvalue weighted by molar-refractivity contribution is 0.00246. The van der Waals surface area contributed by atoms with Gasteiger partial charge in [-0.05, 0) is 38.5 Å². The number of rotatable bonds is 4. The molecule has 2 N–H and O–H groups in total. The highest BCUT2D eigenvalue weighted by Gasteiger charge is 2.39. The van der Waals surface area contributed by atoms with Crippen LogP contribution in [0.3, 0.4) is 0 Å². The van der Waals surface area contributed by atoms with E-state index in [-0.39, 0.29) is 0 Å². The van der Waals surface area contributed by atoms with E-state index >= 15 is 0 Å². The first-order chi connectivity index (χ1) is 8.83. The molecule has 18 heavy (non-hydrogen) atoms. The Morgan fingerprint density at radius 1 is 0.944 bits per heavy atom. The third-order valence-electron chi connectivity index (χ3n) is 5.18. The van der Waals surface area contributed by atoms with Gasteiger partial charge in [-0.3, -0.25) is 4.90 Å². The van der Waals surface area contributed by atoms with Gasteiger partial charge in [-0.2, -0.15) is 0 Å². The topological polar surface area (TPSA) is 38.5 Å². The molecule has 1 aliphatic carbocycles. The summed E-state index contributed by atoms with van der Waals surface area (Å²) >= 11 is 0. The molecular formula is C15H28N2O. The molecule has 2 atom stereocenters. The van der Waals surface area contributed by atoms with Crippen LogP contribution in [-0.4, -0.2) is 42.3 Å². The molecule has 0 aromatic rings. The molecule has 0 radical (unpaired) electrons. The van der Waals surface area contributed by atoms with Crippen LogP contribution in [0.2, 0.25) is 0 Å². The van der Waals surface area contributed by atoms with Crippen molar-refractivity contribution in [1.82, 2.24) is 4.90 Å². The molecule has 0 amide bonds. The zero-order chi connectivity index (χ0) is 12.4. The fourth-order valence-corrected chi connectivity index (χ4v) is 4.24. The Kier molecular flexibility index (Phi) is 4.22. The van der Waals surface area contributed by atoms with Crippen molar-refractivity contribution in [3.63, 3.8) is 0 Å². The predicted molar refractivity (Wildman–Crippen MR) is 73.6 cm³/mol. The predicted octanol–water partition coefficient (Wildman–Crippen LogP) is 2.29. The van der Waals surface area contributed by atoms with Crippen LogP contribution in [0.15, 0.2) is 0 Å². The minimum atomic E-state index is 0.456. The largest absolute Gasteiger partial charge is 0.377 e. The molecular weight excluding hydrogens is 224 g/mol. The van der Waals surface area contributed by atoms with E-state index in [1.165, 1.54) is 57.8 Å². The highest BCUT2D eigenvalue weighted by Crippen LogP contribution is 2.34. The van der Waals surface area contributed by atoms with E-state index in [1.807, 2.05) is 0 Å². The van der Waals surface area contributed by atoms with E-state index in [2.05, 4.69) is 4.90 Å². The number of hydrogen-bond donors (Lipinski definition) is 1. The molecule has 0 aromatic carbocycles. The van der Waals surface area contributed by atoms with E-state index in [9.17, 15) is 0 Å². The normalized spacial score (nSPS) is 38.2. The number of piperidine rings is 1. The Morgan fingerprint density at radius 3 is 2.28 bits per heavy atom. The summed E-state index contributed by atoms with van der Waals surface area (Å²) in [5.41, 5.74) is 6.11. The molecule has 0 spiro atoms. The molecule has 0 aromatic heterocycles. The molecule has 104 valence electrons. The zero-order valence-corrected chi connectivity index (χ0v) is 11.5.